The summed E-state index contributed by atoms with van der Waals surface area (Å²) in [5, 5.41) is 10.7. The van der Waals surface area contributed by atoms with Crippen LogP contribution in [0.3, 0.4) is 0 Å². The molecule has 0 bridgehead atoms. The maximum absolute atomic E-state index is 11.6. The Bertz CT molecular complexity index is 607. The zero-order valence-corrected chi connectivity index (χ0v) is 10.4. The Morgan fingerprint density at radius 1 is 1.28 bits per heavy atom. The third kappa shape index (κ3) is 2.57. The molecule has 1 heterocycles. The summed E-state index contributed by atoms with van der Waals surface area (Å²) in [6.45, 7) is 0. The molecule has 6 nitrogen and oxygen atoms in total. The smallest absolute Gasteiger partial charge is 0.379 e. The molecule has 0 spiro atoms. The number of ether oxygens (including phenoxy) is 1. The van der Waals surface area contributed by atoms with E-state index in [0.717, 1.165) is 0 Å². The van der Waals surface area contributed by atoms with Gasteiger partial charge in [0.25, 0.3) is 0 Å². The number of carbonyl (C=O) groups is 1. The van der Waals surface area contributed by atoms with Crippen molar-refractivity contribution < 1.29 is 18.9 Å². The molecule has 2 rings (SSSR count). The Labute approximate surface area is 109 Å². The molecule has 0 N–H and O–H groups in total. The lowest BCUT2D eigenvalue weighted by Gasteiger charge is -2.02. The van der Waals surface area contributed by atoms with Gasteiger partial charge in [-0.2, -0.15) is 0 Å². The van der Waals surface area contributed by atoms with Gasteiger partial charge in [-0.3, -0.25) is 10.1 Å². The van der Waals surface area contributed by atoms with E-state index in [1.807, 2.05) is 0 Å². The van der Waals surface area contributed by atoms with Crippen LogP contribution in [0.5, 0.6) is 5.75 Å². The zero-order chi connectivity index (χ0) is 13.1. The first-order chi connectivity index (χ1) is 8.58. The van der Waals surface area contributed by atoms with Crippen LogP contribution in [-0.4, -0.2) is 10.9 Å². The van der Waals surface area contributed by atoms with E-state index in [9.17, 15) is 14.9 Å². The Kier molecular flexibility index (Phi) is 3.42. The highest BCUT2D eigenvalue weighted by Crippen LogP contribution is 2.27. The molecule has 0 fully saturated rings. The maximum atomic E-state index is 11.6. The lowest BCUT2D eigenvalue weighted by Crippen LogP contribution is -2.08. The third-order valence-electron chi connectivity index (χ3n) is 2.04. The molecular formula is C11H6BrNO5. The molecule has 0 unspecified atom stereocenters. The molecule has 0 aliphatic heterocycles. The lowest BCUT2D eigenvalue weighted by molar-refractivity contribution is -0.385. The third-order valence-corrected chi connectivity index (χ3v) is 2.47. The van der Waals surface area contributed by atoms with Crippen molar-refractivity contribution in [2.45, 2.75) is 0 Å². The lowest BCUT2D eigenvalue weighted by atomic mass is 10.3. The molecule has 18 heavy (non-hydrogen) atoms. The van der Waals surface area contributed by atoms with Crippen molar-refractivity contribution in [1.82, 2.24) is 0 Å². The molecule has 0 aliphatic rings. The number of esters is 1. The van der Waals surface area contributed by atoms with Crippen molar-refractivity contribution in [2.75, 3.05) is 0 Å². The summed E-state index contributed by atoms with van der Waals surface area (Å²) in [6.07, 6.45) is 0. The van der Waals surface area contributed by atoms with E-state index in [0.29, 0.717) is 4.67 Å². The van der Waals surface area contributed by atoms with Crippen LogP contribution in [0.1, 0.15) is 10.6 Å². The van der Waals surface area contributed by atoms with Crippen LogP contribution in [0, 0.1) is 10.1 Å². The Morgan fingerprint density at radius 2 is 2.00 bits per heavy atom. The summed E-state index contributed by atoms with van der Waals surface area (Å²) in [5.74, 6) is -0.963. The van der Waals surface area contributed by atoms with E-state index in [2.05, 4.69) is 15.9 Å². The van der Waals surface area contributed by atoms with E-state index in [1.54, 1.807) is 0 Å². The number of para-hydroxylation sites is 2. The number of nitro groups is 1. The van der Waals surface area contributed by atoms with Crippen LogP contribution in [0.15, 0.2) is 45.5 Å². The number of furan rings is 1. The summed E-state index contributed by atoms with van der Waals surface area (Å²) in [7, 11) is 0. The number of carbonyl (C=O) groups excluding carboxylic acids is 1. The highest BCUT2D eigenvalue weighted by atomic mass is 79.9. The van der Waals surface area contributed by atoms with Crippen LogP contribution in [0.4, 0.5) is 5.69 Å². The van der Waals surface area contributed by atoms with Crippen molar-refractivity contribution in [3.63, 3.8) is 0 Å². The first kappa shape index (κ1) is 12.3. The standard InChI is InChI=1S/C11H6BrNO5/c12-10-6-5-9(17-10)11(14)18-8-4-2-1-3-7(8)13(15)16/h1-6H. The molecule has 92 valence electrons. The van der Waals surface area contributed by atoms with Crippen LogP contribution >= 0.6 is 15.9 Å². The zero-order valence-electron chi connectivity index (χ0n) is 8.83. The fourth-order valence-electron chi connectivity index (χ4n) is 1.27. The molecule has 0 amide bonds. The van der Waals surface area contributed by atoms with Gasteiger partial charge in [0.1, 0.15) is 0 Å². The van der Waals surface area contributed by atoms with Crippen LogP contribution in [-0.2, 0) is 0 Å². The normalized spacial score (nSPS) is 10.1. The molecule has 0 atom stereocenters. The summed E-state index contributed by atoms with van der Waals surface area (Å²) in [6, 6.07) is 8.54. The van der Waals surface area contributed by atoms with E-state index in [-0.39, 0.29) is 17.2 Å². The number of benzene rings is 1. The van der Waals surface area contributed by atoms with Crippen molar-refractivity contribution in [1.29, 1.82) is 0 Å². The van der Waals surface area contributed by atoms with E-state index in [1.165, 1.54) is 36.4 Å². The molecule has 0 saturated heterocycles. The average Bonchev–Trinajstić information content (AvgIpc) is 2.76. The van der Waals surface area contributed by atoms with Gasteiger partial charge in [-0.15, -0.1) is 0 Å². The molecule has 0 radical (unpaired) electrons. The molecular weight excluding hydrogens is 306 g/mol. The summed E-state index contributed by atoms with van der Waals surface area (Å²) in [4.78, 5) is 21.7. The molecule has 2 aromatic rings. The van der Waals surface area contributed by atoms with E-state index < -0.39 is 10.9 Å². The Hall–Kier alpha value is -2.15. The minimum atomic E-state index is -0.796. The van der Waals surface area contributed by atoms with Gasteiger partial charge in [0.15, 0.2) is 4.67 Å². The molecule has 1 aromatic carbocycles. The first-order valence-corrected chi connectivity index (χ1v) is 5.58. The topological polar surface area (TPSA) is 82.6 Å². The highest BCUT2D eigenvalue weighted by molar-refractivity contribution is 9.10. The van der Waals surface area contributed by atoms with Crippen LogP contribution in [0.2, 0.25) is 0 Å². The summed E-state index contributed by atoms with van der Waals surface area (Å²) in [5.41, 5.74) is -0.281. The number of hydrogen-bond donors (Lipinski definition) is 0. The molecule has 0 saturated carbocycles. The fraction of sp³-hybridized carbons (Fsp3) is 0. The largest absolute Gasteiger partial charge is 0.442 e. The predicted octanol–water partition coefficient (Wildman–Crippen LogP) is 3.17. The number of nitrogens with zero attached hydrogens (tertiary/aromatic N) is 1. The number of hydrogen-bond acceptors (Lipinski definition) is 5. The van der Waals surface area contributed by atoms with Gasteiger partial charge in [-0.1, -0.05) is 12.1 Å². The predicted molar refractivity (Wildman–Crippen MR) is 64.5 cm³/mol. The average molecular weight is 312 g/mol. The van der Waals surface area contributed by atoms with Crippen LogP contribution in [0.25, 0.3) is 0 Å². The van der Waals surface area contributed by atoms with Crippen LogP contribution < -0.4 is 4.74 Å². The minimum Gasteiger partial charge on any atom is -0.442 e. The van der Waals surface area contributed by atoms with Gasteiger partial charge in [0.05, 0.1) is 4.92 Å². The molecule has 0 aliphatic carbocycles. The Morgan fingerprint density at radius 3 is 2.61 bits per heavy atom. The number of nitro benzene ring substituents is 1. The summed E-state index contributed by atoms with van der Waals surface area (Å²) >= 11 is 3.04. The molecule has 7 heteroatoms. The fourth-order valence-corrected chi connectivity index (χ4v) is 1.58. The van der Waals surface area contributed by atoms with Gasteiger partial charge in [-0.25, -0.2) is 4.79 Å². The van der Waals surface area contributed by atoms with Gasteiger partial charge in [0, 0.05) is 6.07 Å². The van der Waals surface area contributed by atoms with Crippen molar-refractivity contribution in [3.8, 4) is 5.75 Å². The second-order valence-corrected chi connectivity index (χ2v) is 4.00. The maximum Gasteiger partial charge on any atom is 0.379 e. The quantitative estimate of drug-likeness (QED) is 0.376. The van der Waals surface area contributed by atoms with Gasteiger partial charge >= 0.3 is 11.7 Å². The molecule has 1 aromatic heterocycles. The summed E-state index contributed by atoms with van der Waals surface area (Å²) < 4.78 is 10.3. The second kappa shape index (κ2) is 5.01. The van der Waals surface area contributed by atoms with Gasteiger partial charge in [-0.05, 0) is 34.1 Å². The second-order valence-electron chi connectivity index (χ2n) is 3.22. The minimum absolute atomic E-state index is 0.0416. The number of halogens is 1. The SMILES string of the molecule is O=C(Oc1ccccc1[N+](=O)[O-])c1ccc(Br)o1. The van der Waals surface area contributed by atoms with Gasteiger partial charge < -0.3 is 9.15 Å². The van der Waals surface area contributed by atoms with Crippen molar-refractivity contribution >= 4 is 27.6 Å². The van der Waals surface area contributed by atoms with Crippen molar-refractivity contribution in [3.05, 3.63) is 56.9 Å². The Balaban J connectivity index is 2.24. The highest BCUT2D eigenvalue weighted by Gasteiger charge is 2.19. The first-order valence-electron chi connectivity index (χ1n) is 4.79. The van der Waals surface area contributed by atoms with E-state index >= 15 is 0 Å². The van der Waals surface area contributed by atoms with Gasteiger partial charge in [0.2, 0.25) is 11.5 Å². The number of rotatable bonds is 3. The monoisotopic (exact) mass is 311 g/mol. The van der Waals surface area contributed by atoms with Crippen molar-refractivity contribution in [2.24, 2.45) is 0 Å². The van der Waals surface area contributed by atoms with E-state index in [4.69, 9.17) is 9.15 Å².